The number of esters is 1. The Labute approximate surface area is 175 Å². The Bertz CT molecular complexity index is 975. The summed E-state index contributed by atoms with van der Waals surface area (Å²) in [5.74, 6) is -1.01. The predicted molar refractivity (Wildman–Crippen MR) is 107 cm³/mol. The minimum Gasteiger partial charge on any atom is -0.456 e. The van der Waals surface area contributed by atoms with Crippen LogP contribution in [0.25, 0.3) is 0 Å². The van der Waals surface area contributed by atoms with E-state index in [0.29, 0.717) is 17.4 Å². The third kappa shape index (κ3) is 2.69. The lowest BCUT2D eigenvalue weighted by molar-refractivity contribution is -0.157. The van der Waals surface area contributed by atoms with E-state index in [1.807, 2.05) is 19.9 Å². The van der Waals surface area contributed by atoms with Crippen LogP contribution in [0.3, 0.4) is 0 Å². The number of allylic oxidation sites excluding steroid dienone is 2. The van der Waals surface area contributed by atoms with Crippen LogP contribution in [0.5, 0.6) is 0 Å². The molecule has 1 saturated heterocycles. The zero-order valence-electron chi connectivity index (χ0n) is 17.3. The number of nitrogens with zero attached hydrogens (tertiary/aromatic N) is 1. The van der Waals surface area contributed by atoms with Crippen molar-refractivity contribution < 1.29 is 23.9 Å². The number of amides is 2. The first-order valence-corrected chi connectivity index (χ1v) is 10.6. The van der Waals surface area contributed by atoms with Gasteiger partial charge in [0.2, 0.25) is 11.8 Å². The van der Waals surface area contributed by atoms with E-state index in [1.165, 1.54) is 6.92 Å². The van der Waals surface area contributed by atoms with Crippen LogP contribution in [0.15, 0.2) is 30.4 Å². The van der Waals surface area contributed by atoms with Crippen molar-refractivity contribution in [1.82, 2.24) is 4.90 Å². The Balaban J connectivity index is 1.26. The molecule has 1 aliphatic heterocycles. The fourth-order valence-corrected chi connectivity index (χ4v) is 5.72. The second kappa shape index (κ2) is 6.62. The third-order valence-electron chi connectivity index (χ3n) is 7.60. The summed E-state index contributed by atoms with van der Waals surface area (Å²) in [4.78, 5) is 52.2. The second-order valence-electron chi connectivity index (χ2n) is 9.21. The Morgan fingerprint density at radius 1 is 1.03 bits per heavy atom. The highest BCUT2D eigenvalue weighted by Gasteiger charge is 2.67. The number of carbonyl (C=O) groups is 4. The molecule has 1 aromatic rings. The maximum absolute atomic E-state index is 13.1. The van der Waals surface area contributed by atoms with E-state index in [-0.39, 0.29) is 41.3 Å². The monoisotopic (exact) mass is 407 g/mol. The molecule has 7 atom stereocenters. The minimum absolute atomic E-state index is 0.112. The van der Waals surface area contributed by atoms with E-state index >= 15 is 0 Å². The van der Waals surface area contributed by atoms with E-state index in [2.05, 4.69) is 12.2 Å². The summed E-state index contributed by atoms with van der Waals surface area (Å²) in [6, 6.07) is 4.29. The van der Waals surface area contributed by atoms with Gasteiger partial charge in [-0.05, 0) is 68.1 Å². The molecule has 30 heavy (non-hydrogen) atoms. The lowest BCUT2D eigenvalue weighted by Crippen LogP contribution is -2.45. The third-order valence-corrected chi connectivity index (χ3v) is 7.60. The van der Waals surface area contributed by atoms with Crippen molar-refractivity contribution in [3.63, 3.8) is 0 Å². The SMILES string of the molecule is Cc1ccc(C(=O)COC(=O)[C@@H](C)N2C(=O)[C@@H]3[C@H]4C=C[C@H]([C@@H]5C[C@H]45)[C@@H]3C2=O)cc1C. The van der Waals surface area contributed by atoms with Gasteiger partial charge in [-0.2, -0.15) is 0 Å². The van der Waals surface area contributed by atoms with E-state index in [9.17, 15) is 19.2 Å². The normalized spacial score (nSPS) is 33.9. The molecule has 156 valence electrons. The Hall–Kier alpha value is -2.76. The number of likely N-dealkylation sites (tertiary alicyclic amines) is 1. The lowest BCUT2D eigenvalue weighted by atomic mass is 9.63. The number of Topliss-reactive ketones (excluding diaryl/α,β-unsaturated/α-hetero) is 1. The van der Waals surface area contributed by atoms with Gasteiger partial charge < -0.3 is 4.74 Å². The number of ketones is 1. The van der Waals surface area contributed by atoms with Gasteiger partial charge in [-0.1, -0.05) is 24.3 Å². The molecule has 3 fully saturated rings. The van der Waals surface area contributed by atoms with Crippen LogP contribution in [0, 0.1) is 49.4 Å². The molecule has 5 aliphatic rings. The van der Waals surface area contributed by atoms with Gasteiger partial charge in [0, 0.05) is 5.56 Å². The van der Waals surface area contributed by atoms with Crippen LogP contribution in [0.1, 0.15) is 34.8 Å². The van der Waals surface area contributed by atoms with Gasteiger partial charge in [-0.25, -0.2) is 4.79 Å². The molecule has 1 heterocycles. The summed E-state index contributed by atoms with van der Waals surface area (Å²) < 4.78 is 5.20. The number of benzene rings is 1. The predicted octanol–water partition coefficient (Wildman–Crippen LogP) is 2.47. The van der Waals surface area contributed by atoms with Gasteiger partial charge in [0.15, 0.2) is 12.4 Å². The van der Waals surface area contributed by atoms with Crippen LogP contribution >= 0.6 is 0 Å². The van der Waals surface area contributed by atoms with Gasteiger partial charge >= 0.3 is 5.97 Å². The zero-order valence-corrected chi connectivity index (χ0v) is 17.3. The number of hydrogen-bond acceptors (Lipinski definition) is 5. The van der Waals surface area contributed by atoms with Crippen LogP contribution in [0.2, 0.25) is 0 Å². The highest BCUT2D eigenvalue weighted by molar-refractivity contribution is 6.09. The summed E-state index contributed by atoms with van der Waals surface area (Å²) in [7, 11) is 0. The summed E-state index contributed by atoms with van der Waals surface area (Å²) in [5.41, 5.74) is 2.53. The molecule has 2 amide bonds. The highest BCUT2D eigenvalue weighted by Crippen LogP contribution is 2.65. The first-order chi connectivity index (χ1) is 14.3. The molecule has 2 saturated carbocycles. The molecule has 0 radical (unpaired) electrons. The molecule has 0 aromatic heterocycles. The molecule has 2 bridgehead atoms. The molecular formula is C24H25NO5. The van der Waals surface area contributed by atoms with Crippen molar-refractivity contribution >= 4 is 23.6 Å². The summed E-state index contributed by atoms with van der Waals surface area (Å²) >= 11 is 0. The zero-order chi connectivity index (χ0) is 21.3. The molecule has 0 N–H and O–H groups in total. The molecular weight excluding hydrogens is 382 g/mol. The Morgan fingerprint density at radius 3 is 2.20 bits per heavy atom. The average Bonchev–Trinajstić information content (AvgIpc) is 3.51. The first kappa shape index (κ1) is 19.2. The molecule has 4 aliphatic carbocycles. The van der Waals surface area contributed by atoms with Crippen molar-refractivity contribution in [3.05, 3.63) is 47.0 Å². The van der Waals surface area contributed by atoms with Gasteiger partial charge in [0.05, 0.1) is 11.8 Å². The largest absolute Gasteiger partial charge is 0.456 e. The van der Waals surface area contributed by atoms with Gasteiger partial charge in [-0.3, -0.25) is 19.3 Å². The van der Waals surface area contributed by atoms with Crippen LogP contribution < -0.4 is 0 Å². The van der Waals surface area contributed by atoms with Crippen molar-refractivity contribution in [2.24, 2.45) is 35.5 Å². The van der Waals surface area contributed by atoms with Gasteiger partial charge in [-0.15, -0.1) is 0 Å². The summed E-state index contributed by atoms with van der Waals surface area (Å²) in [5, 5.41) is 0. The van der Waals surface area contributed by atoms with Crippen LogP contribution in [-0.2, 0) is 19.1 Å². The van der Waals surface area contributed by atoms with Crippen molar-refractivity contribution in [2.75, 3.05) is 6.61 Å². The minimum atomic E-state index is -1.03. The van der Waals surface area contributed by atoms with Crippen molar-refractivity contribution in [3.8, 4) is 0 Å². The second-order valence-corrected chi connectivity index (χ2v) is 9.21. The fraction of sp³-hybridized carbons (Fsp3) is 0.500. The first-order valence-electron chi connectivity index (χ1n) is 10.6. The van der Waals surface area contributed by atoms with E-state index in [4.69, 9.17) is 4.74 Å². The summed E-state index contributed by atoms with van der Waals surface area (Å²) in [6.07, 6.45) is 5.29. The van der Waals surface area contributed by atoms with Crippen LogP contribution in [-0.4, -0.2) is 41.1 Å². The quantitative estimate of drug-likeness (QED) is 0.324. The Kier molecular flexibility index (Phi) is 4.24. The van der Waals surface area contributed by atoms with Crippen molar-refractivity contribution in [1.29, 1.82) is 0 Å². The molecule has 6 nitrogen and oxygen atoms in total. The Morgan fingerprint density at radius 2 is 1.63 bits per heavy atom. The molecule has 6 rings (SSSR count). The van der Waals surface area contributed by atoms with E-state index in [0.717, 1.165) is 22.4 Å². The van der Waals surface area contributed by atoms with Gasteiger partial charge in [0.1, 0.15) is 6.04 Å². The summed E-state index contributed by atoms with van der Waals surface area (Å²) in [6.45, 7) is 4.96. The number of ether oxygens (including phenoxy) is 1. The maximum Gasteiger partial charge on any atom is 0.329 e. The average molecular weight is 407 g/mol. The molecule has 0 spiro atoms. The molecule has 6 heteroatoms. The fourth-order valence-electron chi connectivity index (χ4n) is 5.72. The number of carbonyl (C=O) groups excluding carboxylic acids is 4. The molecule has 1 aromatic carbocycles. The van der Waals surface area contributed by atoms with Gasteiger partial charge in [0.25, 0.3) is 0 Å². The number of hydrogen-bond donors (Lipinski definition) is 0. The van der Waals surface area contributed by atoms with E-state index in [1.54, 1.807) is 12.1 Å². The lowest BCUT2D eigenvalue weighted by Gasteiger charge is -2.37. The van der Waals surface area contributed by atoms with E-state index < -0.39 is 18.6 Å². The number of aryl methyl sites for hydroxylation is 2. The van der Waals surface area contributed by atoms with Crippen molar-refractivity contribution in [2.45, 2.75) is 33.2 Å². The standard InChI is InChI=1S/C24H25NO5/c1-11-4-5-14(8-12(11)2)19(26)10-30-24(29)13(3)25-22(27)20-15-6-7-16(18-9-17(15)18)21(20)23(25)28/h4-8,13,15-18,20-21H,9-10H2,1-3H3/t13-,15-,16+,17+,18-,20+,21-/m1/s1. The number of imide groups is 1. The highest BCUT2D eigenvalue weighted by atomic mass is 16.5. The number of rotatable bonds is 5. The molecule has 0 unspecified atom stereocenters. The maximum atomic E-state index is 13.1. The smallest absolute Gasteiger partial charge is 0.329 e. The van der Waals surface area contributed by atoms with Crippen LogP contribution in [0.4, 0.5) is 0 Å². The topological polar surface area (TPSA) is 80.8 Å².